The molecule has 2 heterocycles. The minimum atomic E-state index is -3.40. The lowest BCUT2D eigenvalue weighted by atomic mass is 10.0. The van der Waals surface area contributed by atoms with Gasteiger partial charge in [0, 0.05) is 13.2 Å². The van der Waals surface area contributed by atoms with Crippen LogP contribution in [-0.2, 0) is 29.6 Å². The molecule has 0 aromatic carbocycles. The van der Waals surface area contributed by atoms with Gasteiger partial charge in [0.15, 0.2) is 11.2 Å². The summed E-state index contributed by atoms with van der Waals surface area (Å²) in [6.07, 6.45) is 22.8. The van der Waals surface area contributed by atoms with Gasteiger partial charge in [0.05, 0.1) is 32.8 Å². The molecule has 0 fully saturated rings. The summed E-state index contributed by atoms with van der Waals surface area (Å²) in [5.41, 5.74) is 5.79. The van der Waals surface area contributed by atoms with Crippen molar-refractivity contribution in [3.05, 3.63) is 16.7 Å². The molecule has 0 amide bonds. The number of hydrogen-bond donors (Lipinski definition) is 2. The van der Waals surface area contributed by atoms with E-state index < -0.39 is 13.2 Å². The predicted molar refractivity (Wildman–Crippen MR) is 169 cm³/mol. The molecule has 12 heteroatoms. The standard InChI is InChI=1S/C30H56N5O6P/c1-3-5-6-7-8-9-10-11-12-13-14-15-16-17-18-19-21-38-23-24-41-42(37,40-4-2)26-39-22-20-35-25-32-27-28(35)33-30(31)34-29(27)36/h25H,3-24,26H2,1-2H3,(H3,31,33,34,36). The highest BCUT2D eigenvalue weighted by molar-refractivity contribution is 7.53. The average Bonchev–Trinajstić information content (AvgIpc) is 3.37. The molecule has 242 valence electrons. The number of H-pyrrole nitrogens is 1. The molecule has 2 aromatic rings. The second kappa shape index (κ2) is 22.7. The highest BCUT2D eigenvalue weighted by Crippen LogP contribution is 2.47. The van der Waals surface area contributed by atoms with E-state index in [0.717, 1.165) is 6.42 Å². The lowest BCUT2D eigenvalue weighted by molar-refractivity contribution is 0.0779. The average molecular weight is 614 g/mol. The minimum Gasteiger partial charge on any atom is -0.379 e. The van der Waals surface area contributed by atoms with E-state index in [4.69, 9.17) is 24.3 Å². The van der Waals surface area contributed by atoms with Crippen LogP contribution in [0.15, 0.2) is 11.1 Å². The molecule has 42 heavy (non-hydrogen) atoms. The van der Waals surface area contributed by atoms with Gasteiger partial charge in [-0.1, -0.05) is 103 Å². The van der Waals surface area contributed by atoms with Crippen LogP contribution in [0.5, 0.6) is 0 Å². The fourth-order valence-corrected chi connectivity index (χ4v) is 6.19. The van der Waals surface area contributed by atoms with Gasteiger partial charge in [-0.2, -0.15) is 4.98 Å². The Balaban J connectivity index is 1.42. The Morgan fingerprint density at radius 2 is 1.38 bits per heavy atom. The van der Waals surface area contributed by atoms with Gasteiger partial charge in [0.25, 0.3) is 5.56 Å². The molecule has 0 spiro atoms. The number of nitrogens with one attached hydrogen (secondary N) is 1. The van der Waals surface area contributed by atoms with Gasteiger partial charge in [-0.05, 0) is 13.3 Å². The molecule has 0 radical (unpaired) electrons. The Kier molecular flexibility index (Phi) is 19.7. The van der Waals surface area contributed by atoms with Crippen LogP contribution in [0.3, 0.4) is 0 Å². The number of hydrogen-bond acceptors (Lipinski definition) is 9. The Bertz CT molecular complexity index is 1060. The highest BCUT2D eigenvalue weighted by Gasteiger charge is 2.24. The van der Waals surface area contributed by atoms with Crippen molar-refractivity contribution in [1.82, 2.24) is 19.5 Å². The van der Waals surface area contributed by atoms with Gasteiger partial charge in [-0.15, -0.1) is 0 Å². The van der Waals surface area contributed by atoms with Crippen LogP contribution in [0.4, 0.5) is 5.95 Å². The number of aromatic amines is 1. The van der Waals surface area contributed by atoms with E-state index >= 15 is 0 Å². The van der Waals surface area contributed by atoms with Gasteiger partial charge in [-0.25, -0.2) is 4.98 Å². The molecule has 3 N–H and O–H groups in total. The Labute approximate surface area is 252 Å². The molecule has 0 aliphatic carbocycles. The molecule has 1 atom stereocenters. The first-order chi connectivity index (χ1) is 20.5. The number of ether oxygens (including phenoxy) is 2. The van der Waals surface area contributed by atoms with Crippen LogP contribution in [0.25, 0.3) is 11.2 Å². The number of nitrogens with zero attached hydrogens (tertiary/aromatic N) is 3. The van der Waals surface area contributed by atoms with Crippen molar-refractivity contribution >= 4 is 24.7 Å². The van der Waals surface area contributed by atoms with Crippen molar-refractivity contribution in [2.24, 2.45) is 0 Å². The molecular weight excluding hydrogens is 557 g/mol. The number of imidazole rings is 1. The molecule has 2 aromatic heterocycles. The lowest BCUT2D eigenvalue weighted by Crippen LogP contribution is -2.14. The maximum atomic E-state index is 12.9. The van der Waals surface area contributed by atoms with E-state index in [1.807, 2.05) is 0 Å². The number of nitrogens with two attached hydrogens (primary N) is 1. The fraction of sp³-hybridized carbons (Fsp3) is 0.833. The van der Waals surface area contributed by atoms with E-state index in [2.05, 4.69) is 21.9 Å². The molecule has 0 aliphatic rings. The Morgan fingerprint density at radius 1 is 0.786 bits per heavy atom. The van der Waals surface area contributed by atoms with E-state index in [1.54, 1.807) is 11.5 Å². The highest BCUT2D eigenvalue weighted by atomic mass is 31.2. The first-order valence-electron chi connectivity index (χ1n) is 16.2. The smallest absolute Gasteiger partial charge is 0.356 e. The van der Waals surface area contributed by atoms with Crippen molar-refractivity contribution in [3.8, 4) is 0 Å². The monoisotopic (exact) mass is 613 g/mol. The number of anilines is 1. The molecule has 0 bridgehead atoms. The van der Waals surface area contributed by atoms with Crippen molar-refractivity contribution in [2.75, 3.05) is 45.1 Å². The van der Waals surface area contributed by atoms with Crippen LogP contribution in [0.1, 0.15) is 117 Å². The van der Waals surface area contributed by atoms with E-state index in [1.165, 1.54) is 103 Å². The van der Waals surface area contributed by atoms with Crippen molar-refractivity contribution in [3.63, 3.8) is 0 Å². The summed E-state index contributed by atoms with van der Waals surface area (Å²) >= 11 is 0. The van der Waals surface area contributed by atoms with Crippen molar-refractivity contribution < 1.29 is 23.1 Å². The summed E-state index contributed by atoms with van der Waals surface area (Å²) in [7, 11) is -3.40. The van der Waals surface area contributed by atoms with Crippen LogP contribution in [0, 0.1) is 0 Å². The second-order valence-corrected chi connectivity index (χ2v) is 12.9. The number of unbranched alkanes of at least 4 members (excludes halogenated alkanes) is 15. The molecule has 1 unspecified atom stereocenters. The zero-order valence-corrected chi connectivity index (χ0v) is 27.1. The molecule has 11 nitrogen and oxygen atoms in total. The van der Waals surface area contributed by atoms with Gasteiger partial charge in [-0.3, -0.25) is 14.3 Å². The molecule has 2 rings (SSSR count). The van der Waals surface area contributed by atoms with Crippen molar-refractivity contribution in [1.29, 1.82) is 0 Å². The van der Waals surface area contributed by atoms with Crippen LogP contribution in [0.2, 0.25) is 0 Å². The Hall–Kier alpha value is -1.78. The maximum Gasteiger partial charge on any atom is 0.356 e. The molecule has 0 aliphatic heterocycles. The van der Waals surface area contributed by atoms with E-state index in [9.17, 15) is 9.36 Å². The van der Waals surface area contributed by atoms with Crippen LogP contribution in [-0.4, -0.2) is 58.9 Å². The number of rotatable bonds is 28. The Morgan fingerprint density at radius 3 is 1.98 bits per heavy atom. The molecular formula is C30H56N5O6P. The molecule has 0 saturated heterocycles. The topological polar surface area (TPSA) is 144 Å². The van der Waals surface area contributed by atoms with Gasteiger partial charge < -0.3 is 28.8 Å². The van der Waals surface area contributed by atoms with Crippen molar-refractivity contribution in [2.45, 2.75) is 123 Å². The fourth-order valence-electron chi connectivity index (χ4n) is 4.87. The number of fused-ring (bicyclic) bond motifs is 1. The summed E-state index contributed by atoms with van der Waals surface area (Å²) in [5, 5.41) is 0. The summed E-state index contributed by atoms with van der Waals surface area (Å²) in [5.74, 6) is 0.0152. The second-order valence-electron chi connectivity index (χ2n) is 10.9. The third-order valence-electron chi connectivity index (χ3n) is 7.20. The minimum absolute atomic E-state index is 0.0152. The third kappa shape index (κ3) is 15.6. The van der Waals surface area contributed by atoms with Gasteiger partial charge >= 0.3 is 7.60 Å². The normalized spacial score (nSPS) is 13.2. The first-order valence-corrected chi connectivity index (χ1v) is 18.0. The van der Waals surface area contributed by atoms with E-state index in [0.29, 0.717) is 25.4 Å². The SMILES string of the molecule is CCCCCCCCCCCCCCCCCCOCCOP(=O)(COCCn1cnc2c(=O)[nH]c(N)nc21)OCC. The predicted octanol–water partition coefficient (Wildman–Crippen LogP) is 7.20. The summed E-state index contributed by atoms with van der Waals surface area (Å²) < 4.78 is 36.7. The maximum absolute atomic E-state index is 12.9. The third-order valence-corrected chi connectivity index (χ3v) is 8.93. The zero-order chi connectivity index (χ0) is 30.3. The van der Waals surface area contributed by atoms with Crippen LogP contribution < -0.4 is 11.3 Å². The van der Waals surface area contributed by atoms with Crippen LogP contribution >= 0.6 is 7.60 Å². The zero-order valence-electron chi connectivity index (χ0n) is 26.2. The number of aromatic nitrogens is 4. The molecule has 0 saturated carbocycles. The quantitative estimate of drug-likeness (QED) is 0.0752. The van der Waals surface area contributed by atoms with Gasteiger partial charge in [0.1, 0.15) is 6.35 Å². The largest absolute Gasteiger partial charge is 0.379 e. The number of nitrogen functional groups attached to an aromatic ring is 1. The lowest BCUT2D eigenvalue weighted by Gasteiger charge is -2.18. The first kappa shape index (κ1) is 36.4. The summed E-state index contributed by atoms with van der Waals surface area (Å²) in [6.45, 7) is 6.05. The summed E-state index contributed by atoms with van der Waals surface area (Å²) in [6, 6.07) is 0. The van der Waals surface area contributed by atoms with E-state index in [-0.39, 0.29) is 37.6 Å². The van der Waals surface area contributed by atoms with Gasteiger partial charge in [0.2, 0.25) is 5.95 Å². The summed E-state index contributed by atoms with van der Waals surface area (Å²) in [4.78, 5) is 22.5.